The van der Waals surface area contributed by atoms with Crippen LogP contribution in [0.25, 0.3) is 0 Å². The van der Waals surface area contributed by atoms with Gasteiger partial charge in [0.1, 0.15) is 11.4 Å². The van der Waals surface area contributed by atoms with E-state index >= 15 is 0 Å². The van der Waals surface area contributed by atoms with Gasteiger partial charge in [-0.15, -0.1) is 0 Å². The summed E-state index contributed by atoms with van der Waals surface area (Å²) in [6, 6.07) is 13.4. The molecule has 2 aliphatic heterocycles. The van der Waals surface area contributed by atoms with Crippen LogP contribution >= 0.6 is 0 Å². The molecule has 3 aromatic rings. The van der Waals surface area contributed by atoms with Gasteiger partial charge in [0.15, 0.2) is 0 Å². The SMILES string of the molecule is O=C(NCc1ccco1)c1ccc(N2C[C@H]3C[C@@H](C2)c2cccc(=O)n2C3)c([N+](=O)[O-])c1. The second-order valence-electron chi connectivity index (χ2n) is 8.33. The van der Waals surface area contributed by atoms with Crippen molar-refractivity contribution in [3.05, 3.63) is 92.3 Å². The van der Waals surface area contributed by atoms with Gasteiger partial charge in [0.2, 0.25) is 0 Å². The molecule has 0 unspecified atom stereocenters. The first-order valence-electron chi connectivity index (χ1n) is 10.5. The van der Waals surface area contributed by atoms with Gasteiger partial charge in [0.05, 0.1) is 17.7 Å². The zero-order valence-electron chi connectivity index (χ0n) is 17.3. The Hall–Kier alpha value is -3.88. The van der Waals surface area contributed by atoms with Crippen molar-refractivity contribution < 1.29 is 14.1 Å². The number of hydrogen-bond acceptors (Lipinski definition) is 6. The molecule has 2 aromatic heterocycles. The third-order valence-corrected chi connectivity index (χ3v) is 6.26. The van der Waals surface area contributed by atoms with Crippen molar-refractivity contribution in [2.45, 2.75) is 25.4 Å². The van der Waals surface area contributed by atoms with Gasteiger partial charge in [-0.25, -0.2) is 0 Å². The Morgan fingerprint density at radius 1 is 1.16 bits per heavy atom. The second kappa shape index (κ2) is 7.99. The number of furan rings is 1. The summed E-state index contributed by atoms with van der Waals surface area (Å²) in [6.07, 6.45) is 2.48. The van der Waals surface area contributed by atoms with Crippen LogP contribution in [0.3, 0.4) is 0 Å². The fourth-order valence-corrected chi connectivity index (χ4v) is 4.85. The summed E-state index contributed by atoms with van der Waals surface area (Å²) < 4.78 is 7.03. The molecule has 1 N–H and O–H groups in total. The van der Waals surface area contributed by atoms with E-state index in [1.165, 1.54) is 12.3 Å². The number of fused-ring (bicyclic) bond motifs is 4. The largest absolute Gasteiger partial charge is 0.467 e. The second-order valence-corrected chi connectivity index (χ2v) is 8.33. The van der Waals surface area contributed by atoms with Gasteiger partial charge in [0.25, 0.3) is 17.2 Å². The van der Waals surface area contributed by atoms with Gasteiger partial charge < -0.3 is 19.2 Å². The van der Waals surface area contributed by atoms with Crippen LogP contribution in [0, 0.1) is 16.0 Å². The number of carbonyl (C=O) groups is 1. The molecule has 2 atom stereocenters. The average molecular weight is 434 g/mol. The Labute approximate surface area is 183 Å². The first-order chi connectivity index (χ1) is 15.5. The Morgan fingerprint density at radius 3 is 2.81 bits per heavy atom. The van der Waals surface area contributed by atoms with Gasteiger partial charge in [-0.05, 0) is 42.7 Å². The third kappa shape index (κ3) is 3.66. The van der Waals surface area contributed by atoms with Crippen LogP contribution in [0.15, 0.2) is 64.0 Å². The first kappa shape index (κ1) is 20.0. The Kier molecular flexibility index (Phi) is 5.01. The minimum atomic E-state index is -0.443. The van der Waals surface area contributed by atoms with E-state index in [4.69, 9.17) is 4.42 Å². The molecule has 0 saturated carbocycles. The number of nitro benzene ring substituents is 1. The highest BCUT2D eigenvalue weighted by Crippen LogP contribution is 2.39. The Morgan fingerprint density at radius 2 is 2.03 bits per heavy atom. The summed E-state index contributed by atoms with van der Waals surface area (Å²) in [5.41, 5.74) is 1.61. The zero-order valence-corrected chi connectivity index (χ0v) is 17.3. The van der Waals surface area contributed by atoms with E-state index in [1.807, 2.05) is 15.5 Å². The standard InChI is InChI=1S/C23H22N4O5/c28-22-5-1-4-19-17-9-15(13-26(19)22)12-25(14-17)20-7-6-16(10-21(20)27(30)31)23(29)24-11-18-3-2-8-32-18/h1-8,10,15,17H,9,11-14H2,(H,24,29)/t15-,17+/m1/s1. The fraction of sp³-hybridized carbons (Fsp3) is 0.304. The fourth-order valence-electron chi connectivity index (χ4n) is 4.85. The third-order valence-electron chi connectivity index (χ3n) is 6.26. The normalized spacial score (nSPS) is 19.3. The summed E-state index contributed by atoms with van der Waals surface area (Å²) in [4.78, 5) is 38.2. The lowest BCUT2D eigenvalue weighted by Gasteiger charge is -2.43. The number of aromatic nitrogens is 1. The molecule has 164 valence electrons. The predicted molar refractivity (Wildman–Crippen MR) is 117 cm³/mol. The van der Waals surface area contributed by atoms with Gasteiger partial charge >= 0.3 is 0 Å². The van der Waals surface area contributed by atoms with E-state index in [2.05, 4.69) is 5.32 Å². The van der Waals surface area contributed by atoms with E-state index in [-0.39, 0.29) is 35.2 Å². The molecule has 2 bridgehead atoms. The van der Waals surface area contributed by atoms with Crippen LogP contribution < -0.4 is 15.8 Å². The number of carbonyl (C=O) groups excluding carboxylic acids is 1. The lowest BCUT2D eigenvalue weighted by Crippen LogP contribution is -2.47. The van der Waals surface area contributed by atoms with Crippen LogP contribution in [0.4, 0.5) is 11.4 Å². The van der Waals surface area contributed by atoms with Gasteiger partial charge in [-0.2, -0.15) is 0 Å². The van der Waals surface area contributed by atoms with Crippen LogP contribution in [-0.2, 0) is 13.1 Å². The predicted octanol–water partition coefficient (Wildman–Crippen LogP) is 2.90. The van der Waals surface area contributed by atoms with Crippen molar-refractivity contribution in [2.24, 2.45) is 5.92 Å². The number of piperidine rings is 1. The average Bonchev–Trinajstić information content (AvgIpc) is 3.31. The maximum absolute atomic E-state index is 12.5. The van der Waals surface area contributed by atoms with Crippen LogP contribution in [0.2, 0.25) is 0 Å². The minimum Gasteiger partial charge on any atom is -0.467 e. The van der Waals surface area contributed by atoms with E-state index in [1.54, 1.807) is 36.4 Å². The van der Waals surface area contributed by atoms with Gasteiger partial charge in [-0.1, -0.05) is 6.07 Å². The summed E-state index contributed by atoms with van der Waals surface area (Å²) in [5.74, 6) is 0.563. The number of hydrogen-bond donors (Lipinski definition) is 1. The van der Waals surface area contributed by atoms with Gasteiger partial charge in [-0.3, -0.25) is 19.7 Å². The number of pyridine rings is 1. The molecule has 9 heteroatoms. The molecule has 32 heavy (non-hydrogen) atoms. The number of nitrogens with zero attached hydrogens (tertiary/aromatic N) is 3. The molecular formula is C23H22N4O5. The molecule has 0 radical (unpaired) electrons. The van der Waals surface area contributed by atoms with Crippen molar-refractivity contribution in [3.63, 3.8) is 0 Å². The molecule has 9 nitrogen and oxygen atoms in total. The molecule has 0 spiro atoms. The lowest BCUT2D eigenvalue weighted by molar-refractivity contribution is -0.384. The molecule has 1 fully saturated rings. The van der Waals surface area contributed by atoms with Crippen molar-refractivity contribution in [2.75, 3.05) is 18.0 Å². The first-order valence-corrected chi connectivity index (χ1v) is 10.5. The molecule has 2 aliphatic rings. The van der Waals surface area contributed by atoms with Crippen LogP contribution in [-0.4, -0.2) is 28.5 Å². The van der Waals surface area contributed by atoms with E-state index < -0.39 is 10.8 Å². The number of nitro groups is 1. The monoisotopic (exact) mass is 434 g/mol. The van der Waals surface area contributed by atoms with Crippen molar-refractivity contribution in [1.29, 1.82) is 0 Å². The molecule has 0 aliphatic carbocycles. The van der Waals surface area contributed by atoms with Crippen molar-refractivity contribution >= 4 is 17.3 Å². The number of nitrogens with one attached hydrogen (secondary N) is 1. The Bertz CT molecular complexity index is 1230. The lowest BCUT2D eigenvalue weighted by atomic mass is 9.83. The topological polar surface area (TPSA) is 111 Å². The van der Waals surface area contributed by atoms with Crippen molar-refractivity contribution in [3.8, 4) is 0 Å². The minimum absolute atomic E-state index is 0.00143. The van der Waals surface area contributed by atoms with Crippen LogP contribution in [0.5, 0.6) is 0 Å². The molecular weight excluding hydrogens is 412 g/mol. The molecule has 1 saturated heterocycles. The summed E-state index contributed by atoms with van der Waals surface area (Å²) in [5, 5.41) is 14.6. The van der Waals surface area contributed by atoms with Crippen molar-refractivity contribution in [1.82, 2.24) is 9.88 Å². The highest BCUT2D eigenvalue weighted by molar-refractivity contribution is 5.95. The number of rotatable bonds is 5. The quantitative estimate of drug-likeness (QED) is 0.488. The molecule has 1 aromatic carbocycles. The zero-order chi connectivity index (χ0) is 22.2. The number of benzene rings is 1. The van der Waals surface area contributed by atoms with E-state index in [0.29, 0.717) is 31.1 Å². The number of anilines is 1. The maximum Gasteiger partial charge on any atom is 0.293 e. The highest BCUT2D eigenvalue weighted by atomic mass is 16.6. The van der Waals surface area contributed by atoms with E-state index in [0.717, 1.165) is 12.1 Å². The molecule has 1 amide bonds. The summed E-state index contributed by atoms with van der Waals surface area (Å²) in [6.45, 7) is 2.03. The maximum atomic E-state index is 12.5. The van der Waals surface area contributed by atoms with E-state index in [9.17, 15) is 19.7 Å². The Balaban J connectivity index is 1.40. The smallest absolute Gasteiger partial charge is 0.293 e. The molecule has 4 heterocycles. The van der Waals surface area contributed by atoms with Crippen LogP contribution in [0.1, 0.15) is 34.2 Å². The summed E-state index contributed by atoms with van der Waals surface area (Å²) in [7, 11) is 0. The number of amides is 1. The van der Waals surface area contributed by atoms with Gasteiger partial charge in [0, 0.05) is 48.9 Å². The highest BCUT2D eigenvalue weighted by Gasteiger charge is 2.36. The summed E-state index contributed by atoms with van der Waals surface area (Å²) >= 11 is 0. The molecule has 5 rings (SSSR count).